The first kappa shape index (κ1) is 18.3. The van der Waals surface area contributed by atoms with Crippen LogP contribution in [0, 0.1) is 0 Å². The van der Waals surface area contributed by atoms with Crippen molar-refractivity contribution in [3.63, 3.8) is 0 Å². The number of carbonyl (C=O) groups is 2. The number of hydrogen-bond acceptors (Lipinski definition) is 4. The number of H-pyrrole nitrogens is 2. The van der Waals surface area contributed by atoms with Crippen molar-refractivity contribution in [3.8, 4) is 0 Å². The molecule has 0 aliphatic carbocycles. The molecule has 0 radical (unpaired) electrons. The van der Waals surface area contributed by atoms with E-state index in [2.05, 4.69) is 15.3 Å². The summed E-state index contributed by atoms with van der Waals surface area (Å²) in [6.45, 7) is -0.556. The van der Waals surface area contributed by atoms with Crippen LogP contribution >= 0.6 is 34.8 Å². The number of ether oxygens (including phenoxy) is 1. The molecule has 26 heavy (non-hydrogen) atoms. The van der Waals surface area contributed by atoms with Gasteiger partial charge in [-0.2, -0.15) is 0 Å². The summed E-state index contributed by atoms with van der Waals surface area (Å²) >= 11 is 17.7. The summed E-state index contributed by atoms with van der Waals surface area (Å²) in [4.78, 5) is 40.4. The van der Waals surface area contributed by atoms with Gasteiger partial charge in [-0.05, 0) is 30.3 Å². The molecule has 10 heteroatoms. The van der Waals surface area contributed by atoms with E-state index in [0.29, 0.717) is 16.7 Å². The van der Waals surface area contributed by atoms with E-state index in [-0.39, 0.29) is 26.3 Å². The average Bonchev–Trinajstić information content (AvgIpc) is 2.96. The maximum Gasteiger partial charge on any atom is 0.341 e. The highest BCUT2D eigenvalue weighted by molar-refractivity contribution is 6.46. The first-order valence-corrected chi connectivity index (χ1v) is 8.31. The number of aromatic amines is 2. The lowest BCUT2D eigenvalue weighted by Crippen LogP contribution is -2.21. The second-order valence-electron chi connectivity index (χ2n) is 5.18. The molecule has 7 nitrogen and oxygen atoms in total. The molecule has 0 aliphatic rings. The molecule has 0 aliphatic heterocycles. The highest BCUT2D eigenvalue weighted by Crippen LogP contribution is 2.31. The highest BCUT2D eigenvalue weighted by atomic mass is 35.5. The number of esters is 1. The van der Waals surface area contributed by atoms with E-state index in [0.717, 1.165) is 0 Å². The van der Waals surface area contributed by atoms with Crippen molar-refractivity contribution < 1.29 is 14.3 Å². The number of halogens is 3. The largest absolute Gasteiger partial charge is 0.452 e. The molecule has 0 spiro atoms. The molecule has 1 aromatic heterocycles. The Morgan fingerprint density at radius 3 is 2.46 bits per heavy atom. The van der Waals surface area contributed by atoms with Crippen LogP contribution in [0.3, 0.4) is 0 Å². The molecule has 1 heterocycles. The monoisotopic (exact) mass is 413 g/mol. The highest BCUT2D eigenvalue weighted by Gasteiger charge is 2.19. The number of fused-ring (bicyclic) bond motifs is 1. The third-order valence-electron chi connectivity index (χ3n) is 3.38. The predicted octanol–water partition coefficient (Wildman–Crippen LogP) is 3.61. The molecule has 0 saturated carbocycles. The van der Waals surface area contributed by atoms with Gasteiger partial charge >= 0.3 is 11.7 Å². The fraction of sp³-hybridized carbons (Fsp3) is 0.0625. The third-order valence-corrected chi connectivity index (χ3v) is 4.50. The van der Waals surface area contributed by atoms with E-state index < -0.39 is 18.5 Å². The zero-order valence-corrected chi connectivity index (χ0v) is 15.1. The van der Waals surface area contributed by atoms with Gasteiger partial charge in [0.25, 0.3) is 5.91 Å². The molecule has 0 saturated heterocycles. The van der Waals surface area contributed by atoms with Gasteiger partial charge in [-0.25, -0.2) is 9.59 Å². The zero-order chi connectivity index (χ0) is 18.8. The maximum atomic E-state index is 12.1. The second-order valence-corrected chi connectivity index (χ2v) is 6.37. The number of benzene rings is 2. The molecule has 3 aromatic rings. The van der Waals surface area contributed by atoms with E-state index in [9.17, 15) is 14.4 Å². The summed E-state index contributed by atoms with van der Waals surface area (Å²) in [5.74, 6) is -1.45. The lowest BCUT2D eigenvalue weighted by atomic mass is 10.2. The predicted molar refractivity (Wildman–Crippen MR) is 99.3 cm³/mol. The molecule has 1 amide bonds. The van der Waals surface area contributed by atoms with Gasteiger partial charge in [0.15, 0.2) is 6.61 Å². The lowest BCUT2D eigenvalue weighted by molar-refractivity contribution is -0.119. The summed E-state index contributed by atoms with van der Waals surface area (Å²) in [6, 6.07) is 7.63. The van der Waals surface area contributed by atoms with Crippen molar-refractivity contribution in [1.82, 2.24) is 9.97 Å². The van der Waals surface area contributed by atoms with Gasteiger partial charge in [0.1, 0.15) is 0 Å². The number of carbonyl (C=O) groups excluding carboxylic acids is 2. The number of anilines is 1. The van der Waals surface area contributed by atoms with E-state index in [1.54, 1.807) is 18.2 Å². The minimum Gasteiger partial charge on any atom is -0.452 e. The topological polar surface area (TPSA) is 104 Å². The Kier molecular flexibility index (Phi) is 5.22. The van der Waals surface area contributed by atoms with Crippen LogP contribution in [0.15, 0.2) is 35.1 Å². The Morgan fingerprint density at radius 2 is 1.69 bits per heavy atom. The van der Waals surface area contributed by atoms with Gasteiger partial charge in [0.2, 0.25) is 0 Å². The Morgan fingerprint density at radius 1 is 1.00 bits per heavy atom. The minimum absolute atomic E-state index is 0.0496. The van der Waals surface area contributed by atoms with Crippen LogP contribution < -0.4 is 11.0 Å². The van der Waals surface area contributed by atoms with Crippen molar-refractivity contribution in [2.24, 2.45) is 0 Å². The number of imidazole rings is 1. The van der Waals surface area contributed by atoms with Gasteiger partial charge in [-0.1, -0.05) is 34.8 Å². The SMILES string of the molecule is O=C(COC(=O)c1c(Cl)ccc(Cl)c1Cl)Nc1ccc2[nH]c(=O)[nH]c2c1. The molecule has 0 unspecified atom stereocenters. The van der Waals surface area contributed by atoms with Crippen molar-refractivity contribution in [2.45, 2.75) is 0 Å². The maximum absolute atomic E-state index is 12.1. The van der Waals surface area contributed by atoms with Crippen LogP contribution in [0.25, 0.3) is 11.0 Å². The van der Waals surface area contributed by atoms with Gasteiger partial charge in [-0.15, -0.1) is 0 Å². The zero-order valence-electron chi connectivity index (χ0n) is 12.9. The Bertz CT molecular complexity index is 1070. The quantitative estimate of drug-likeness (QED) is 0.448. The van der Waals surface area contributed by atoms with Crippen molar-refractivity contribution in [1.29, 1.82) is 0 Å². The van der Waals surface area contributed by atoms with Crippen LogP contribution in [-0.2, 0) is 9.53 Å². The number of aromatic nitrogens is 2. The smallest absolute Gasteiger partial charge is 0.341 e. The summed E-state index contributed by atoms with van der Waals surface area (Å²) < 4.78 is 4.93. The molecule has 0 atom stereocenters. The third kappa shape index (κ3) is 3.85. The van der Waals surface area contributed by atoms with E-state index in [4.69, 9.17) is 39.5 Å². The summed E-state index contributed by atoms with van der Waals surface area (Å²) in [6.07, 6.45) is 0. The molecular formula is C16H10Cl3N3O4. The molecule has 3 N–H and O–H groups in total. The molecule has 0 fully saturated rings. The molecule has 2 aromatic carbocycles. The average molecular weight is 415 g/mol. The number of nitrogens with one attached hydrogen (secondary N) is 3. The molecular weight excluding hydrogens is 405 g/mol. The first-order chi connectivity index (χ1) is 12.3. The molecule has 134 valence electrons. The standard InChI is InChI=1S/C16H10Cl3N3O4/c17-8-2-3-9(18)14(19)13(8)15(24)26-6-12(23)20-7-1-4-10-11(5-7)22-16(25)21-10/h1-5H,6H2,(H,20,23)(H2,21,22,25). The number of rotatable bonds is 4. The van der Waals surface area contributed by atoms with E-state index in [1.807, 2.05) is 0 Å². The normalized spacial score (nSPS) is 10.7. The fourth-order valence-corrected chi connectivity index (χ4v) is 2.91. The lowest BCUT2D eigenvalue weighted by Gasteiger charge is -2.09. The van der Waals surface area contributed by atoms with Crippen LogP contribution in [0.1, 0.15) is 10.4 Å². The Hall–Kier alpha value is -2.48. The van der Waals surface area contributed by atoms with Crippen molar-refractivity contribution >= 4 is 63.4 Å². The van der Waals surface area contributed by atoms with E-state index in [1.165, 1.54) is 12.1 Å². The van der Waals surface area contributed by atoms with Gasteiger partial charge in [0.05, 0.1) is 31.7 Å². The summed E-state index contributed by atoms with van der Waals surface area (Å²) in [5.41, 5.74) is 1.09. The van der Waals surface area contributed by atoms with Gasteiger partial charge in [-0.3, -0.25) is 4.79 Å². The minimum atomic E-state index is -0.872. The van der Waals surface area contributed by atoms with Gasteiger partial charge < -0.3 is 20.0 Å². The van der Waals surface area contributed by atoms with Gasteiger partial charge in [0, 0.05) is 5.69 Å². The summed E-state index contributed by atoms with van der Waals surface area (Å²) in [7, 11) is 0. The summed E-state index contributed by atoms with van der Waals surface area (Å²) in [5, 5.41) is 2.70. The fourth-order valence-electron chi connectivity index (χ4n) is 2.22. The number of hydrogen-bond donors (Lipinski definition) is 3. The Balaban J connectivity index is 1.65. The molecule has 3 rings (SSSR count). The van der Waals surface area contributed by atoms with Crippen molar-refractivity contribution in [2.75, 3.05) is 11.9 Å². The second kappa shape index (κ2) is 7.41. The van der Waals surface area contributed by atoms with E-state index >= 15 is 0 Å². The number of amides is 1. The molecule has 0 bridgehead atoms. The Labute approximate surface area is 161 Å². The van der Waals surface area contributed by atoms with Crippen LogP contribution in [0.2, 0.25) is 15.1 Å². The van der Waals surface area contributed by atoms with Crippen LogP contribution in [0.4, 0.5) is 5.69 Å². The van der Waals surface area contributed by atoms with Crippen LogP contribution in [-0.4, -0.2) is 28.5 Å². The van der Waals surface area contributed by atoms with Crippen molar-refractivity contribution in [3.05, 3.63) is 61.4 Å². The van der Waals surface area contributed by atoms with Crippen LogP contribution in [0.5, 0.6) is 0 Å². The first-order valence-electron chi connectivity index (χ1n) is 7.17.